The third kappa shape index (κ3) is 1.30. The summed E-state index contributed by atoms with van der Waals surface area (Å²) in [6.45, 7) is 0. The lowest BCUT2D eigenvalue weighted by Crippen LogP contribution is -2.07. The van der Waals surface area contributed by atoms with Gasteiger partial charge < -0.3 is 15.4 Å². The third-order valence-corrected chi connectivity index (χ3v) is 1.59. The molecule has 0 aliphatic heterocycles. The summed E-state index contributed by atoms with van der Waals surface area (Å²) in [6, 6.07) is 1.46. The van der Waals surface area contributed by atoms with Gasteiger partial charge in [0.15, 0.2) is 16.9 Å². The number of fused-ring (bicyclic) bond motifs is 1. The molecule has 2 heterocycles. The molecule has 0 saturated heterocycles. The van der Waals surface area contributed by atoms with Crippen LogP contribution in [0.2, 0.25) is 0 Å². The molecule has 2 aromatic rings. The molecule has 0 bridgehead atoms. The van der Waals surface area contributed by atoms with E-state index in [1.165, 1.54) is 12.3 Å². The van der Waals surface area contributed by atoms with Crippen LogP contribution in [0.25, 0.3) is 11.1 Å². The SMILES string of the molecule is Nc1noc2cc(NC(=O)O)cnc12. The van der Waals surface area contributed by atoms with Crippen LogP contribution in [0, 0.1) is 0 Å². The highest BCUT2D eigenvalue weighted by Crippen LogP contribution is 2.20. The van der Waals surface area contributed by atoms with E-state index in [2.05, 4.69) is 15.5 Å². The summed E-state index contributed by atoms with van der Waals surface area (Å²) in [7, 11) is 0. The van der Waals surface area contributed by atoms with Crippen molar-refractivity contribution in [1.82, 2.24) is 10.1 Å². The maximum absolute atomic E-state index is 10.3. The Labute approximate surface area is 77.5 Å². The Morgan fingerprint density at radius 2 is 2.43 bits per heavy atom. The number of anilines is 2. The van der Waals surface area contributed by atoms with Crippen molar-refractivity contribution in [3.05, 3.63) is 12.3 Å². The topological polar surface area (TPSA) is 114 Å². The van der Waals surface area contributed by atoms with E-state index in [4.69, 9.17) is 15.4 Å². The molecule has 14 heavy (non-hydrogen) atoms. The predicted octanol–water partition coefficient (Wildman–Crippen LogP) is 0.895. The number of nitrogens with one attached hydrogen (secondary N) is 1. The fourth-order valence-electron chi connectivity index (χ4n) is 1.04. The molecule has 72 valence electrons. The molecule has 0 atom stereocenters. The van der Waals surface area contributed by atoms with Crippen LogP contribution in [0.15, 0.2) is 16.8 Å². The number of hydrogen-bond acceptors (Lipinski definition) is 5. The highest BCUT2D eigenvalue weighted by molar-refractivity contribution is 5.89. The van der Waals surface area contributed by atoms with Gasteiger partial charge in [0.2, 0.25) is 0 Å². The summed E-state index contributed by atoms with van der Waals surface area (Å²) in [6.07, 6.45) is 0.169. The maximum atomic E-state index is 10.3. The van der Waals surface area contributed by atoms with Gasteiger partial charge in [0.05, 0.1) is 11.9 Å². The quantitative estimate of drug-likeness (QED) is 0.621. The molecule has 7 nitrogen and oxygen atoms in total. The summed E-state index contributed by atoms with van der Waals surface area (Å²) in [5.41, 5.74) is 6.49. The first-order valence-electron chi connectivity index (χ1n) is 3.67. The molecule has 1 amide bonds. The molecule has 0 spiro atoms. The summed E-state index contributed by atoms with van der Waals surface area (Å²) in [5, 5.41) is 14.0. The average Bonchev–Trinajstić information content (AvgIpc) is 2.46. The first kappa shape index (κ1) is 8.30. The number of rotatable bonds is 1. The van der Waals surface area contributed by atoms with Gasteiger partial charge >= 0.3 is 6.09 Å². The van der Waals surface area contributed by atoms with Gasteiger partial charge in [-0.2, -0.15) is 0 Å². The fraction of sp³-hybridized carbons (Fsp3) is 0. The normalized spacial score (nSPS) is 10.3. The number of pyridine rings is 1. The van der Waals surface area contributed by atoms with E-state index >= 15 is 0 Å². The lowest BCUT2D eigenvalue weighted by Gasteiger charge is -1.97. The Bertz CT molecular complexity index is 493. The summed E-state index contributed by atoms with van der Waals surface area (Å²) >= 11 is 0. The summed E-state index contributed by atoms with van der Waals surface area (Å²) in [5.74, 6) is 0.182. The van der Waals surface area contributed by atoms with Crippen LogP contribution in [-0.4, -0.2) is 21.3 Å². The lowest BCUT2D eigenvalue weighted by molar-refractivity contribution is 0.209. The van der Waals surface area contributed by atoms with Crippen LogP contribution < -0.4 is 11.1 Å². The van der Waals surface area contributed by atoms with E-state index in [0.29, 0.717) is 16.8 Å². The summed E-state index contributed by atoms with van der Waals surface area (Å²) < 4.78 is 4.80. The van der Waals surface area contributed by atoms with Gasteiger partial charge in [0.1, 0.15) is 0 Å². The van der Waals surface area contributed by atoms with Crippen LogP contribution in [0.3, 0.4) is 0 Å². The number of aromatic nitrogens is 2. The Morgan fingerprint density at radius 3 is 3.14 bits per heavy atom. The predicted molar refractivity (Wildman–Crippen MR) is 47.9 cm³/mol. The minimum absolute atomic E-state index is 0.182. The zero-order chi connectivity index (χ0) is 10.1. The van der Waals surface area contributed by atoms with Crippen molar-refractivity contribution in [3.63, 3.8) is 0 Å². The van der Waals surface area contributed by atoms with Crippen molar-refractivity contribution >= 4 is 28.7 Å². The van der Waals surface area contributed by atoms with E-state index in [0.717, 1.165) is 0 Å². The number of nitrogen functional groups attached to an aromatic ring is 1. The monoisotopic (exact) mass is 194 g/mol. The fourth-order valence-corrected chi connectivity index (χ4v) is 1.04. The smallest absolute Gasteiger partial charge is 0.409 e. The lowest BCUT2D eigenvalue weighted by atomic mass is 10.3. The molecule has 2 rings (SSSR count). The molecule has 0 radical (unpaired) electrons. The van der Waals surface area contributed by atoms with Crippen molar-refractivity contribution in [3.8, 4) is 0 Å². The second-order valence-corrected chi connectivity index (χ2v) is 2.57. The second kappa shape index (κ2) is 2.87. The molecule has 2 aromatic heterocycles. The first-order valence-corrected chi connectivity index (χ1v) is 3.67. The Hall–Kier alpha value is -2.31. The molecule has 0 aromatic carbocycles. The van der Waals surface area contributed by atoms with E-state index in [1.54, 1.807) is 0 Å². The second-order valence-electron chi connectivity index (χ2n) is 2.57. The van der Waals surface area contributed by atoms with Crippen molar-refractivity contribution in [1.29, 1.82) is 0 Å². The first-order chi connectivity index (χ1) is 6.66. The number of amides is 1. The number of carboxylic acid groups (broad SMARTS) is 1. The highest BCUT2D eigenvalue weighted by atomic mass is 16.5. The number of nitrogens with two attached hydrogens (primary N) is 1. The van der Waals surface area contributed by atoms with Gasteiger partial charge in [0, 0.05) is 6.07 Å². The van der Waals surface area contributed by atoms with Crippen molar-refractivity contribution in [2.24, 2.45) is 0 Å². The largest absolute Gasteiger partial charge is 0.465 e. The Morgan fingerprint density at radius 1 is 1.64 bits per heavy atom. The van der Waals surface area contributed by atoms with Crippen molar-refractivity contribution < 1.29 is 14.4 Å². The van der Waals surface area contributed by atoms with Crippen LogP contribution in [0.4, 0.5) is 16.3 Å². The summed E-state index contributed by atoms with van der Waals surface area (Å²) in [4.78, 5) is 14.2. The molecular formula is C7H6N4O3. The zero-order valence-corrected chi connectivity index (χ0v) is 6.89. The molecular weight excluding hydrogens is 188 g/mol. The van der Waals surface area contributed by atoms with Gasteiger partial charge in [-0.1, -0.05) is 5.16 Å². The molecule has 0 aliphatic rings. The van der Waals surface area contributed by atoms with Gasteiger partial charge in [-0.15, -0.1) is 0 Å². The van der Waals surface area contributed by atoms with Crippen molar-refractivity contribution in [2.45, 2.75) is 0 Å². The minimum atomic E-state index is -1.17. The Kier molecular flexibility index (Phi) is 1.70. The number of carbonyl (C=O) groups is 1. The molecule has 0 aliphatic carbocycles. The number of nitrogens with zero attached hydrogens (tertiary/aromatic N) is 2. The van der Waals surface area contributed by atoms with Crippen LogP contribution >= 0.6 is 0 Å². The molecule has 0 fully saturated rings. The van der Waals surface area contributed by atoms with E-state index < -0.39 is 6.09 Å². The van der Waals surface area contributed by atoms with Gasteiger partial charge in [0.25, 0.3) is 0 Å². The average molecular weight is 194 g/mol. The van der Waals surface area contributed by atoms with Crippen LogP contribution in [0.1, 0.15) is 0 Å². The number of hydrogen-bond donors (Lipinski definition) is 3. The molecule has 0 unspecified atom stereocenters. The third-order valence-electron chi connectivity index (χ3n) is 1.59. The van der Waals surface area contributed by atoms with Crippen LogP contribution in [0.5, 0.6) is 0 Å². The zero-order valence-electron chi connectivity index (χ0n) is 6.89. The van der Waals surface area contributed by atoms with E-state index in [1.807, 2.05) is 0 Å². The standard InChI is InChI=1S/C7H6N4O3/c8-6-5-4(14-11-6)1-3(2-9-5)10-7(12)13/h1-2,10H,(H2,8,11)(H,12,13). The minimum Gasteiger partial charge on any atom is -0.465 e. The highest BCUT2D eigenvalue weighted by Gasteiger charge is 2.07. The van der Waals surface area contributed by atoms with Crippen molar-refractivity contribution in [2.75, 3.05) is 11.1 Å². The maximum Gasteiger partial charge on any atom is 0.409 e. The van der Waals surface area contributed by atoms with Gasteiger partial charge in [-0.25, -0.2) is 9.78 Å². The molecule has 7 heteroatoms. The van der Waals surface area contributed by atoms with E-state index in [-0.39, 0.29) is 5.82 Å². The van der Waals surface area contributed by atoms with E-state index in [9.17, 15) is 4.79 Å². The van der Waals surface area contributed by atoms with Crippen LogP contribution in [-0.2, 0) is 0 Å². The van der Waals surface area contributed by atoms with Gasteiger partial charge in [-0.3, -0.25) is 5.32 Å². The molecule has 4 N–H and O–H groups in total. The Balaban J connectivity index is 2.46. The van der Waals surface area contributed by atoms with Gasteiger partial charge in [-0.05, 0) is 0 Å². The molecule has 0 saturated carbocycles.